The van der Waals surface area contributed by atoms with E-state index in [0.717, 1.165) is 36.2 Å². The Morgan fingerprint density at radius 3 is 2.53 bits per heavy atom. The Hall–Kier alpha value is -2.68. The van der Waals surface area contributed by atoms with E-state index in [4.69, 9.17) is 16.7 Å². The summed E-state index contributed by atoms with van der Waals surface area (Å²) in [7, 11) is -3.72. The molecular formula is C23H25ClN4O3S. The van der Waals surface area contributed by atoms with Gasteiger partial charge in [0, 0.05) is 18.7 Å². The maximum absolute atomic E-state index is 13.3. The van der Waals surface area contributed by atoms with Crippen LogP contribution in [0.15, 0.2) is 53.4 Å². The number of fused-ring (bicyclic) bond motifs is 1. The fourth-order valence-corrected chi connectivity index (χ4v) is 5.69. The zero-order valence-electron chi connectivity index (χ0n) is 18.0. The van der Waals surface area contributed by atoms with E-state index in [-0.39, 0.29) is 15.5 Å². The number of aryl methyl sites for hydroxylation is 1. The van der Waals surface area contributed by atoms with Gasteiger partial charge in [-0.15, -0.1) is 0 Å². The average Bonchev–Trinajstić information content (AvgIpc) is 3.38. The fourth-order valence-electron chi connectivity index (χ4n) is 4.00. The average molecular weight is 473 g/mol. The highest BCUT2D eigenvalue weighted by Crippen LogP contribution is 2.32. The highest BCUT2D eigenvalue weighted by atomic mass is 35.5. The summed E-state index contributed by atoms with van der Waals surface area (Å²) in [4.78, 5) is 13.3. The second-order valence-electron chi connectivity index (χ2n) is 7.56. The number of anilines is 1. The molecule has 1 heterocycles. The number of halogens is 1. The molecule has 1 aliphatic carbocycles. The van der Waals surface area contributed by atoms with Crippen molar-refractivity contribution in [3.05, 3.63) is 70.4 Å². The second kappa shape index (κ2) is 9.05. The number of rotatable bonds is 7. The molecule has 32 heavy (non-hydrogen) atoms. The van der Waals surface area contributed by atoms with Crippen LogP contribution in [0.1, 0.15) is 41.9 Å². The zero-order valence-corrected chi connectivity index (χ0v) is 19.6. The molecule has 9 heteroatoms. The minimum absolute atomic E-state index is 0.0394. The van der Waals surface area contributed by atoms with Crippen molar-refractivity contribution >= 4 is 33.3 Å². The lowest BCUT2D eigenvalue weighted by molar-refractivity contribution is 0.102. The summed E-state index contributed by atoms with van der Waals surface area (Å²) in [5.41, 5.74) is 2.91. The van der Waals surface area contributed by atoms with Crippen LogP contribution in [0.3, 0.4) is 0 Å². The molecule has 0 bridgehead atoms. The molecule has 0 radical (unpaired) electrons. The van der Waals surface area contributed by atoms with Gasteiger partial charge in [-0.1, -0.05) is 43.6 Å². The summed E-state index contributed by atoms with van der Waals surface area (Å²) < 4.78 is 28.9. The van der Waals surface area contributed by atoms with Gasteiger partial charge in [0.15, 0.2) is 0 Å². The smallest absolute Gasteiger partial charge is 0.258 e. The van der Waals surface area contributed by atoms with Crippen LogP contribution < -0.4 is 5.32 Å². The molecule has 0 saturated heterocycles. The van der Waals surface area contributed by atoms with Crippen LogP contribution in [0.5, 0.6) is 0 Å². The van der Waals surface area contributed by atoms with Crippen LogP contribution >= 0.6 is 11.6 Å². The summed E-state index contributed by atoms with van der Waals surface area (Å²) in [5, 5.41) is 7.83. The number of hydrogen-bond donors (Lipinski definition) is 1. The third kappa shape index (κ3) is 4.05. The monoisotopic (exact) mass is 472 g/mol. The van der Waals surface area contributed by atoms with E-state index in [0.29, 0.717) is 18.9 Å². The number of benzene rings is 2. The summed E-state index contributed by atoms with van der Waals surface area (Å²) >= 11 is 6.31. The van der Waals surface area contributed by atoms with Crippen molar-refractivity contribution in [3.63, 3.8) is 0 Å². The molecule has 2 aromatic carbocycles. The van der Waals surface area contributed by atoms with Crippen LogP contribution in [0.4, 0.5) is 5.82 Å². The number of carbonyl (C=O) groups is 1. The van der Waals surface area contributed by atoms with E-state index in [1.807, 2.05) is 30.3 Å². The molecule has 1 aromatic heterocycles. The first-order valence-electron chi connectivity index (χ1n) is 10.6. The molecule has 0 saturated carbocycles. The second-order valence-corrected chi connectivity index (χ2v) is 9.90. The predicted octanol–water partition coefficient (Wildman–Crippen LogP) is 4.30. The van der Waals surface area contributed by atoms with E-state index >= 15 is 0 Å². The Kier molecular flexibility index (Phi) is 6.37. The van der Waals surface area contributed by atoms with E-state index in [9.17, 15) is 13.2 Å². The van der Waals surface area contributed by atoms with Gasteiger partial charge in [-0.2, -0.15) is 9.40 Å². The molecule has 0 atom stereocenters. The van der Waals surface area contributed by atoms with Gasteiger partial charge in [0.25, 0.3) is 5.91 Å². The zero-order chi connectivity index (χ0) is 22.9. The SMILES string of the molecule is CCN(CC)S(=O)(=O)c1ccc(Cl)c(C(=O)Nc2c3c(nn2-c2ccccc2)CCC3)c1. The number of hydrogen-bond acceptors (Lipinski definition) is 4. The number of nitrogens with zero attached hydrogens (tertiary/aromatic N) is 3. The first-order chi connectivity index (χ1) is 15.4. The number of carbonyl (C=O) groups excluding carboxylic acids is 1. The Balaban J connectivity index is 1.72. The molecule has 1 N–H and O–H groups in total. The van der Waals surface area contributed by atoms with Gasteiger partial charge in [-0.3, -0.25) is 4.79 Å². The van der Waals surface area contributed by atoms with Gasteiger partial charge >= 0.3 is 0 Å². The Bertz CT molecular complexity index is 1250. The van der Waals surface area contributed by atoms with E-state index in [1.165, 1.54) is 22.5 Å². The van der Waals surface area contributed by atoms with Crippen LogP contribution in [0.25, 0.3) is 5.69 Å². The molecule has 0 fully saturated rings. The van der Waals surface area contributed by atoms with Gasteiger partial charge in [0.05, 0.1) is 26.9 Å². The molecule has 0 unspecified atom stereocenters. The van der Waals surface area contributed by atoms with Gasteiger partial charge in [0.2, 0.25) is 10.0 Å². The van der Waals surface area contributed by atoms with E-state index in [1.54, 1.807) is 18.5 Å². The van der Waals surface area contributed by atoms with Crippen molar-refractivity contribution in [2.24, 2.45) is 0 Å². The van der Waals surface area contributed by atoms with Crippen molar-refractivity contribution in [1.29, 1.82) is 0 Å². The Morgan fingerprint density at radius 1 is 1.12 bits per heavy atom. The first-order valence-corrected chi connectivity index (χ1v) is 12.5. The van der Waals surface area contributed by atoms with Crippen molar-refractivity contribution in [3.8, 4) is 5.69 Å². The van der Waals surface area contributed by atoms with Crippen LogP contribution in [-0.2, 0) is 22.9 Å². The summed E-state index contributed by atoms with van der Waals surface area (Å²) in [6.45, 7) is 4.22. The highest BCUT2D eigenvalue weighted by molar-refractivity contribution is 7.89. The van der Waals surface area contributed by atoms with Crippen LogP contribution in [-0.4, -0.2) is 41.5 Å². The summed E-state index contributed by atoms with van der Waals surface area (Å²) in [6.07, 6.45) is 2.66. The number of para-hydroxylation sites is 1. The Labute approximate surface area is 193 Å². The molecule has 168 valence electrons. The third-order valence-electron chi connectivity index (χ3n) is 5.67. The first kappa shape index (κ1) is 22.5. The molecule has 0 aliphatic heterocycles. The number of amides is 1. The minimum atomic E-state index is -3.72. The van der Waals surface area contributed by atoms with Crippen LogP contribution in [0, 0.1) is 0 Å². The molecular weight excluding hydrogens is 448 g/mol. The van der Waals surface area contributed by atoms with Gasteiger partial charge < -0.3 is 5.32 Å². The number of nitrogens with one attached hydrogen (secondary N) is 1. The molecule has 1 aliphatic rings. The predicted molar refractivity (Wildman–Crippen MR) is 125 cm³/mol. The lowest BCUT2D eigenvalue weighted by atomic mass is 10.2. The normalized spacial score (nSPS) is 13.4. The van der Waals surface area contributed by atoms with Crippen LogP contribution in [0.2, 0.25) is 5.02 Å². The largest absolute Gasteiger partial charge is 0.306 e. The Morgan fingerprint density at radius 2 is 1.84 bits per heavy atom. The van der Waals surface area contributed by atoms with Crippen molar-refractivity contribution in [2.45, 2.75) is 38.0 Å². The third-order valence-corrected chi connectivity index (χ3v) is 8.04. The topological polar surface area (TPSA) is 84.3 Å². The summed E-state index contributed by atoms with van der Waals surface area (Å²) in [6, 6.07) is 13.8. The van der Waals surface area contributed by atoms with Gasteiger partial charge in [-0.25, -0.2) is 13.1 Å². The van der Waals surface area contributed by atoms with Crippen molar-refractivity contribution < 1.29 is 13.2 Å². The number of sulfonamides is 1. The lowest BCUT2D eigenvalue weighted by Crippen LogP contribution is -2.30. The molecule has 1 amide bonds. The highest BCUT2D eigenvalue weighted by Gasteiger charge is 2.27. The fraction of sp³-hybridized carbons (Fsp3) is 0.304. The summed E-state index contributed by atoms with van der Waals surface area (Å²) in [5.74, 6) is 0.125. The van der Waals surface area contributed by atoms with Crippen molar-refractivity contribution in [2.75, 3.05) is 18.4 Å². The molecule has 7 nitrogen and oxygen atoms in total. The number of aromatic nitrogens is 2. The van der Waals surface area contributed by atoms with E-state index in [2.05, 4.69) is 5.32 Å². The lowest BCUT2D eigenvalue weighted by Gasteiger charge is -2.19. The van der Waals surface area contributed by atoms with E-state index < -0.39 is 15.9 Å². The van der Waals surface area contributed by atoms with Gasteiger partial charge in [-0.05, 0) is 49.6 Å². The minimum Gasteiger partial charge on any atom is -0.306 e. The molecule has 0 spiro atoms. The molecule has 4 rings (SSSR count). The maximum Gasteiger partial charge on any atom is 0.258 e. The maximum atomic E-state index is 13.3. The standard InChI is InChI=1S/C23H25ClN4O3S/c1-3-27(4-2)32(30,31)17-13-14-20(24)19(15-17)23(29)25-22-18-11-8-12-21(18)26-28(22)16-9-6-5-7-10-16/h5-7,9-10,13-15H,3-4,8,11-12H2,1-2H3,(H,25,29). The quantitative estimate of drug-likeness (QED) is 0.555. The molecule has 3 aromatic rings. The van der Waals surface area contributed by atoms with Gasteiger partial charge in [0.1, 0.15) is 5.82 Å². The van der Waals surface area contributed by atoms with Crippen molar-refractivity contribution in [1.82, 2.24) is 14.1 Å².